The molecule has 80 valence electrons. The minimum absolute atomic E-state index is 0.245. The van der Waals surface area contributed by atoms with Crippen LogP contribution in [-0.4, -0.2) is 23.5 Å². The van der Waals surface area contributed by atoms with Crippen LogP contribution in [0.15, 0.2) is 17.3 Å². The Morgan fingerprint density at radius 3 is 2.93 bits per heavy atom. The maximum Gasteiger partial charge on any atom is 0.218 e. The molecule has 1 aromatic heterocycles. The lowest BCUT2D eigenvalue weighted by molar-refractivity contribution is 0.315. The van der Waals surface area contributed by atoms with E-state index >= 15 is 0 Å². The molecule has 0 spiro atoms. The third-order valence-electron chi connectivity index (χ3n) is 2.23. The lowest BCUT2D eigenvalue weighted by atomic mass is 10.2. The quantitative estimate of drug-likeness (QED) is 0.750. The van der Waals surface area contributed by atoms with Gasteiger partial charge < -0.3 is 4.74 Å². The Hall–Kier alpha value is -0.800. The molecule has 0 saturated heterocycles. The summed E-state index contributed by atoms with van der Waals surface area (Å²) in [5.74, 6) is 0.605. The van der Waals surface area contributed by atoms with E-state index in [0.29, 0.717) is 22.7 Å². The maximum atomic E-state index is 5.86. The minimum atomic E-state index is 0.245. The summed E-state index contributed by atoms with van der Waals surface area (Å²) in [5.41, 5.74) is 0.778. The van der Waals surface area contributed by atoms with Gasteiger partial charge in [0.1, 0.15) is 11.8 Å². The van der Waals surface area contributed by atoms with E-state index in [0.717, 1.165) is 12.0 Å². The number of halogens is 2. The molecule has 1 aromatic rings. The Bertz CT molecular complexity index is 406. The monoisotopic (exact) mass is 244 g/mol. The Morgan fingerprint density at radius 2 is 2.33 bits per heavy atom. The number of rotatable bonds is 2. The van der Waals surface area contributed by atoms with Gasteiger partial charge in [0.05, 0.1) is 16.6 Å². The van der Waals surface area contributed by atoms with Crippen LogP contribution in [0.4, 0.5) is 0 Å². The predicted molar refractivity (Wildman–Crippen MR) is 60.8 cm³/mol. The molecule has 2 heterocycles. The molecule has 0 saturated carbocycles. The van der Waals surface area contributed by atoms with Gasteiger partial charge in [0.25, 0.3) is 0 Å². The Labute approximate surface area is 98.1 Å². The van der Waals surface area contributed by atoms with Crippen molar-refractivity contribution in [3.05, 3.63) is 28.0 Å². The first-order chi connectivity index (χ1) is 7.20. The number of aliphatic imine (C=N–C) groups is 1. The molecule has 0 radical (unpaired) electrons. The van der Waals surface area contributed by atoms with Crippen molar-refractivity contribution < 1.29 is 4.74 Å². The topological polar surface area (TPSA) is 34.5 Å². The second-order valence-electron chi connectivity index (χ2n) is 3.30. The van der Waals surface area contributed by atoms with E-state index in [1.165, 1.54) is 0 Å². The first kappa shape index (κ1) is 10.7. The van der Waals surface area contributed by atoms with Crippen LogP contribution in [0.2, 0.25) is 10.2 Å². The number of pyridine rings is 1. The average molecular weight is 245 g/mol. The van der Waals surface area contributed by atoms with Crippen molar-refractivity contribution in [2.45, 2.75) is 19.4 Å². The van der Waals surface area contributed by atoms with Crippen molar-refractivity contribution in [3.8, 4) is 0 Å². The summed E-state index contributed by atoms with van der Waals surface area (Å²) in [5, 5.41) is 0.714. The van der Waals surface area contributed by atoms with Gasteiger partial charge in [0.15, 0.2) is 0 Å². The highest BCUT2D eigenvalue weighted by Gasteiger charge is 2.19. The highest BCUT2D eigenvalue weighted by atomic mass is 35.5. The van der Waals surface area contributed by atoms with Crippen LogP contribution in [0.25, 0.3) is 0 Å². The molecule has 0 bridgehead atoms. The van der Waals surface area contributed by atoms with Crippen LogP contribution in [0.5, 0.6) is 0 Å². The highest BCUT2D eigenvalue weighted by Crippen LogP contribution is 2.22. The van der Waals surface area contributed by atoms with E-state index < -0.39 is 0 Å². The van der Waals surface area contributed by atoms with Gasteiger partial charge >= 0.3 is 0 Å². The molecule has 1 unspecified atom stereocenters. The van der Waals surface area contributed by atoms with E-state index in [2.05, 4.69) is 16.9 Å². The molecular weight excluding hydrogens is 235 g/mol. The summed E-state index contributed by atoms with van der Waals surface area (Å²) in [4.78, 5) is 8.35. The largest absolute Gasteiger partial charge is 0.475 e. The molecule has 15 heavy (non-hydrogen) atoms. The number of nitrogens with zero attached hydrogens (tertiary/aromatic N) is 2. The first-order valence-electron chi connectivity index (χ1n) is 4.72. The van der Waals surface area contributed by atoms with Crippen molar-refractivity contribution in [2.75, 3.05) is 6.61 Å². The Kier molecular flexibility index (Phi) is 3.12. The van der Waals surface area contributed by atoms with Gasteiger partial charge in [-0.15, -0.1) is 0 Å². The van der Waals surface area contributed by atoms with E-state index in [1.54, 1.807) is 12.3 Å². The smallest absolute Gasteiger partial charge is 0.218 e. The van der Waals surface area contributed by atoms with Crippen LogP contribution in [-0.2, 0) is 4.74 Å². The summed E-state index contributed by atoms with van der Waals surface area (Å²) in [6.07, 6.45) is 2.59. The fraction of sp³-hybridized carbons (Fsp3) is 0.400. The summed E-state index contributed by atoms with van der Waals surface area (Å²) in [6, 6.07) is 1.96. The van der Waals surface area contributed by atoms with Gasteiger partial charge in [0, 0.05) is 6.20 Å². The predicted octanol–water partition coefficient (Wildman–Crippen LogP) is 2.94. The number of hydrogen-bond acceptors (Lipinski definition) is 3. The van der Waals surface area contributed by atoms with Gasteiger partial charge in [-0.1, -0.05) is 30.1 Å². The molecule has 1 aliphatic rings. The lowest BCUT2D eigenvalue weighted by Crippen LogP contribution is -2.04. The van der Waals surface area contributed by atoms with Crippen molar-refractivity contribution in [2.24, 2.45) is 4.99 Å². The van der Waals surface area contributed by atoms with Crippen molar-refractivity contribution in [1.29, 1.82) is 0 Å². The molecular formula is C10H10Cl2N2O. The number of ether oxygens (including phenoxy) is 1. The fourth-order valence-corrected chi connectivity index (χ4v) is 1.59. The highest BCUT2D eigenvalue weighted by molar-refractivity contribution is 6.41. The summed E-state index contributed by atoms with van der Waals surface area (Å²) in [6.45, 7) is 2.71. The van der Waals surface area contributed by atoms with E-state index in [4.69, 9.17) is 27.9 Å². The van der Waals surface area contributed by atoms with Crippen molar-refractivity contribution >= 4 is 29.1 Å². The van der Waals surface area contributed by atoms with E-state index in [-0.39, 0.29) is 6.04 Å². The standard InChI is InChI=1S/C10H10Cl2N2O/c1-2-7-5-15-10(14-7)6-3-8(11)9(12)13-4-6/h3-4,7H,2,5H2,1H3. The van der Waals surface area contributed by atoms with Crippen LogP contribution in [0.3, 0.4) is 0 Å². The van der Waals surface area contributed by atoms with Crippen molar-refractivity contribution in [1.82, 2.24) is 4.98 Å². The van der Waals surface area contributed by atoms with Gasteiger partial charge in [-0.25, -0.2) is 9.98 Å². The normalized spacial score (nSPS) is 19.9. The van der Waals surface area contributed by atoms with Gasteiger partial charge in [-0.3, -0.25) is 0 Å². The molecule has 2 rings (SSSR count). The van der Waals surface area contributed by atoms with Crippen LogP contribution in [0.1, 0.15) is 18.9 Å². The molecule has 5 heteroatoms. The molecule has 0 aromatic carbocycles. The molecule has 3 nitrogen and oxygen atoms in total. The zero-order chi connectivity index (χ0) is 10.8. The molecule has 1 aliphatic heterocycles. The number of hydrogen-bond donors (Lipinski definition) is 0. The Morgan fingerprint density at radius 1 is 1.53 bits per heavy atom. The third kappa shape index (κ3) is 2.24. The minimum Gasteiger partial charge on any atom is -0.475 e. The van der Waals surface area contributed by atoms with Crippen LogP contribution in [0, 0.1) is 0 Å². The zero-order valence-corrected chi connectivity index (χ0v) is 9.72. The first-order valence-corrected chi connectivity index (χ1v) is 5.48. The second kappa shape index (κ2) is 4.37. The zero-order valence-electron chi connectivity index (χ0n) is 8.20. The summed E-state index contributed by atoms with van der Waals surface area (Å²) >= 11 is 11.6. The Balaban J connectivity index is 2.27. The summed E-state index contributed by atoms with van der Waals surface area (Å²) in [7, 11) is 0. The lowest BCUT2D eigenvalue weighted by Gasteiger charge is -2.01. The van der Waals surface area contributed by atoms with E-state index in [1.807, 2.05) is 0 Å². The van der Waals surface area contributed by atoms with Crippen molar-refractivity contribution in [3.63, 3.8) is 0 Å². The maximum absolute atomic E-state index is 5.86. The molecule has 0 aliphatic carbocycles. The van der Waals surface area contributed by atoms with E-state index in [9.17, 15) is 0 Å². The summed E-state index contributed by atoms with van der Waals surface area (Å²) < 4.78 is 5.45. The second-order valence-corrected chi connectivity index (χ2v) is 4.07. The molecule has 0 N–H and O–H groups in total. The van der Waals surface area contributed by atoms with Gasteiger partial charge in [-0.05, 0) is 12.5 Å². The fourth-order valence-electron chi connectivity index (χ4n) is 1.32. The third-order valence-corrected chi connectivity index (χ3v) is 2.91. The SMILES string of the molecule is CCC1COC(c2cnc(Cl)c(Cl)c2)=N1. The van der Waals surface area contributed by atoms with Gasteiger partial charge in [0.2, 0.25) is 5.90 Å². The number of aromatic nitrogens is 1. The van der Waals surface area contributed by atoms with Crippen LogP contribution < -0.4 is 0 Å². The molecule has 0 fully saturated rings. The average Bonchev–Trinajstić information content (AvgIpc) is 2.70. The van der Waals surface area contributed by atoms with Crippen LogP contribution >= 0.6 is 23.2 Å². The molecule has 0 amide bonds. The molecule has 1 atom stereocenters. The van der Waals surface area contributed by atoms with Gasteiger partial charge in [-0.2, -0.15) is 0 Å².